The molecule has 1 aromatic rings. The molecule has 98 valence electrons. The van der Waals surface area contributed by atoms with Crippen LogP contribution in [0.25, 0.3) is 0 Å². The molecule has 2 unspecified atom stereocenters. The Morgan fingerprint density at radius 3 is 2.72 bits per heavy atom. The van der Waals surface area contributed by atoms with Gasteiger partial charge in [-0.1, -0.05) is 0 Å². The average Bonchev–Trinajstić information content (AvgIpc) is 2.36. The summed E-state index contributed by atoms with van der Waals surface area (Å²) >= 11 is 0. The van der Waals surface area contributed by atoms with E-state index in [1.807, 2.05) is 13.8 Å². The summed E-state index contributed by atoms with van der Waals surface area (Å²) in [6.07, 6.45) is -0.764. The van der Waals surface area contributed by atoms with E-state index in [-0.39, 0.29) is 0 Å². The van der Waals surface area contributed by atoms with Gasteiger partial charge in [-0.15, -0.1) is 0 Å². The third-order valence-corrected chi connectivity index (χ3v) is 3.52. The maximum atomic E-state index is 10.3. The van der Waals surface area contributed by atoms with Crippen LogP contribution in [0.5, 0.6) is 17.2 Å². The van der Waals surface area contributed by atoms with Gasteiger partial charge in [-0.3, -0.25) is 0 Å². The highest BCUT2D eigenvalue weighted by molar-refractivity contribution is 5.58. The van der Waals surface area contributed by atoms with Crippen LogP contribution in [0.4, 0.5) is 0 Å². The van der Waals surface area contributed by atoms with Crippen LogP contribution in [0, 0.1) is 0 Å². The van der Waals surface area contributed by atoms with E-state index < -0.39 is 17.7 Å². The number of hydrogen-bond acceptors (Lipinski definition) is 5. The fourth-order valence-corrected chi connectivity index (χ4v) is 2.35. The highest BCUT2D eigenvalue weighted by Crippen LogP contribution is 2.49. The first-order chi connectivity index (χ1) is 8.50. The highest BCUT2D eigenvalue weighted by atomic mass is 16.6. The van der Waals surface area contributed by atoms with E-state index >= 15 is 0 Å². The van der Waals surface area contributed by atoms with Crippen LogP contribution in [0.3, 0.4) is 0 Å². The molecule has 5 heteroatoms. The number of rotatable bonds is 0. The second-order valence-corrected chi connectivity index (χ2v) is 5.18. The van der Waals surface area contributed by atoms with Crippen LogP contribution in [0.15, 0.2) is 12.1 Å². The first-order valence-corrected chi connectivity index (χ1v) is 6.06. The van der Waals surface area contributed by atoms with Crippen molar-refractivity contribution in [2.75, 3.05) is 13.2 Å². The number of aliphatic hydroxyl groups is 1. The molecular weight excluding hydrogens is 234 g/mol. The van der Waals surface area contributed by atoms with Gasteiger partial charge in [0.15, 0.2) is 11.5 Å². The van der Waals surface area contributed by atoms with Crippen LogP contribution in [0.2, 0.25) is 0 Å². The Bertz CT molecular complexity index is 486. The molecule has 0 fully saturated rings. The van der Waals surface area contributed by atoms with Gasteiger partial charge < -0.3 is 25.1 Å². The van der Waals surface area contributed by atoms with Crippen molar-refractivity contribution < 1.29 is 19.3 Å². The van der Waals surface area contributed by atoms with E-state index in [2.05, 4.69) is 0 Å². The van der Waals surface area contributed by atoms with Crippen LogP contribution >= 0.6 is 0 Å². The van der Waals surface area contributed by atoms with Gasteiger partial charge in [0, 0.05) is 5.56 Å². The zero-order chi connectivity index (χ0) is 12.9. The largest absolute Gasteiger partial charge is 0.486 e. The van der Waals surface area contributed by atoms with Crippen molar-refractivity contribution in [1.82, 2.24) is 0 Å². The molecule has 1 aromatic carbocycles. The van der Waals surface area contributed by atoms with Crippen molar-refractivity contribution in [3.63, 3.8) is 0 Å². The number of hydrogen-bond donors (Lipinski definition) is 2. The molecule has 0 spiro atoms. The zero-order valence-corrected chi connectivity index (χ0v) is 10.5. The lowest BCUT2D eigenvalue weighted by atomic mass is 9.86. The molecule has 0 bridgehead atoms. The summed E-state index contributed by atoms with van der Waals surface area (Å²) in [6.45, 7) is 4.71. The van der Waals surface area contributed by atoms with E-state index in [1.54, 1.807) is 12.1 Å². The minimum Gasteiger partial charge on any atom is -0.486 e. The summed E-state index contributed by atoms with van der Waals surface area (Å²) in [6, 6.07) is 3.08. The van der Waals surface area contributed by atoms with Crippen LogP contribution < -0.4 is 19.9 Å². The topological polar surface area (TPSA) is 73.9 Å². The normalized spacial score (nSPS) is 28.2. The molecule has 0 saturated heterocycles. The zero-order valence-electron chi connectivity index (χ0n) is 10.5. The van der Waals surface area contributed by atoms with Crippen molar-refractivity contribution in [2.24, 2.45) is 5.73 Å². The van der Waals surface area contributed by atoms with Crippen LogP contribution in [-0.4, -0.2) is 30.0 Å². The summed E-state index contributed by atoms with van der Waals surface area (Å²) in [4.78, 5) is 0. The van der Waals surface area contributed by atoms with Gasteiger partial charge in [0.2, 0.25) is 5.75 Å². The summed E-state index contributed by atoms with van der Waals surface area (Å²) in [7, 11) is 0. The van der Waals surface area contributed by atoms with Gasteiger partial charge in [0.25, 0.3) is 0 Å². The Balaban J connectivity index is 2.14. The minimum absolute atomic E-state index is 0.479. The Labute approximate surface area is 105 Å². The van der Waals surface area contributed by atoms with Crippen LogP contribution in [0.1, 0.15) is 25.5 Å². The Morgan fingerprint density at radius 2 is 1.94 bits per heavy atom. The van der Waals surface area contributed by atoms with Crippen LogP contribution in [-0.2, 0) is 0 Å². The van der Waals surface area contributed by atoms with Gasteiger partial charge >= 0.3 is 0 Å². The maximum Gasteiger partial charge on any atom is 0.204 e. The monoisotopic (exact) mass is 251 g/mol. The molecule has 0 saturated carbocycles. The van der Waals surface area contributed by atoms with E-state index in [9.17, 15) is 5.11 Å². The lowest BCUT2D eigenvalue weighted by Gasteiger charge is -2.41. The molecule has 0 amide bonds. The Morgan fingerprint density at radius 1 is 1.22 bits per heavy atom. The first kappa shape index (κ1) is 11.6. The fraction of sp³-hybridized carbons (Fsp3) is 0.538. The summed E-state index contributed by atoms with van der Waals surface area (Å²) in [5.41, 5.74) is 6.01. The number of benzene rings is 1. The van der Waals surface area contributed by atoms with Gasteiger partial charge in [-0.05, 0) is 26.0 Å². The number of ether oxygens (including phenoxy) is 3. The summed E-state index contributed by atoms with van der Waals surface area (Å²) < 4.78 is 17.0. The number of nitrogens with two attached hydrogens (primary N) is 1. The predicted octanol–water partition coefficient (Wildman–Crippen LogP) is 0.989. The Hall–Kier alpha value is -1.46. The van der Waals surface area contributed by atoms with Gasteiger partial charge in [-0.2, -0.15) is 0 Å². The van der Waals surface area contributed by atoms with Crippen molar-refractivity contribution >= 4 is 0 Å². The summed E-state index contributed by atoms with van der Waals surface area (Å²) in [5.74, 6) is 1.77. The highest BCUT2D eigenvalue weighted by Gasteiger charge is 2.43. The van der Waals surface area contributed by atoms with Crippen molar-refractivity contribution in [1.29, 1.82) is 0 Å². The maximum absolute atomic E-state index is 10.3. The molecule has 0 radical (unpaired) electrons. The molecule has 2 aliphatic rings. The van der Waals surface area contributed by atoms with Gasteiger partial charge in [0.1, 0.15) is 24.9 Å². The quantitative estimate of drug-likeness (QED) is 0.719. The molecule has 2 aliphatic heterocycles. The lowest BCUT2D eigenvalue weighted by Crippen LogP contribution is -2.54. The molecule has 3 N–H and O–H groups in total. The smallest absolute Gasteiger partial charge is 0.204 e. The van der Waals surface area contributed by atoms with Crippen molar-refractivity contribution in [3.8, 4) is 17.2 Å². The lowest BCUT2D eigenvalue weighted by molar-refractivity contribution is -0.0155. The molecule has 2 heterocycles. The van der Waals surface area contributed by atoms with E-state index in [0.29, 0.717) is 36.0 Å². The van der Waals surface area contributed by atoms with Gasteiger partial charge in [-0.25, -0.2) is 0 Å². The molecular formula is C13H17NO4. The van der Waals surface area contributed by atoms with E-state index in [4.69, 9.17) is 19.9 Å². The second-order valence-electron chi connectivity index (χ2n) is 5.18. The second kappa shape index (κ2) is 3.76. The van der Waals surface area contributed by atoms with Crippen molar-refractivity contribution in [3.05, 3.63) is 17.7 Å². The SMILES string of the molecule is CC1(C)Oc2c(ccc3c2OCCO3)C(O)C1N. The molecule has 0 aliphatic carbocycles. The molecule has 3 rings (SSSR count). The Kier molecular flexibility index (Phi) is 2.43. The fourth-order valence-electron chi connectivity index (χ4n) is 2.35. The number of fused-ring (bicyclic) bond motifs is 3. The third-order valence-electron chi connectivity index (χ3n) is 3.52. The molecule has 2 atom stereocenters. The molecule has 18 heavy (non-hydrogen) atoms. The van der Waals surface area contributed by atoms with Crippen molar-refractivity contribution in [2.45, 2.75) is 31.6 Å². The van der Waals surface area contributed by atoms with Gasteiger partial charge in [0.05, 0.1) is 6.04 Å². The first-order valence-electron chi connectivity index (χ1n) is 6.06. The minimum atomic E-state index is -0.764. The predicted molar refractivity (Wildman–Crippen MR) is 65.1 cm³/mol. The van der Waals surface area contributed by atoms with E-state index in [1.165, 1.54) is 0 Å². The molecule has 5 nitrogen and oxygen atoms in total. The summed E-state index contributed by atoms with van der Waals surface area (Å²) in [5, 5.41) is 10.3. The standard InChI is InChI=1S/C13H17NO4/c1-13(2)12(14)9(15)7-3-4-8-11(10(7)18-13)17-6-5-16-8/h3-4,9,12,15H,5-6,14H2,1-2H3. The number of aliphatic hydroxyl groups excluding tert-OH is 1. The average molecular weight is 251 g/mol. The molecule has 0 aromatic heterocycles. The third kappa shape index (κ3) is 1.54. The van der Waals surface area contributed by atoms with E-state index in [0.717, 1.165) is 0 Å².